The fourth-order valence-electron chi connectivity index (χ4n) is 2.44. The van der Waals surface area contributed by atoms with Crippen molar-refractivity contribution in [3.8, 4) is 0 Å². The van der Waals surface area contributed by atoms with Crippen molar-refractivity contribution in [2.75, 3.05) is 25.9 Å². The van der Waals surface area contributed by atoms with Gasteiger partial charge >= 0.3 is 0 Å². The lowest BCUT2D eigenvalue weighted by Gasteiger charge is -2.44. The summed E-state index contributed by atoms with van der Waals surface area (Å²) in [7, 11) is 1.74. The van der Waals surface area contributed by atoms with Gasteiger partial charge < -0.3 is 15.5 Å². The number of nitrogen functional groups attached to an aromatic ring is 1. The number of para-hydroxylation sites is 1. The maximum Gasteiger partial charge on any atom is 0.256 e. The Hall–Kier alpha value is -1.75. The van der Waals surface area contributed by atoms with Gasteiger partial charge in [-0.15, -0.1) is 0 Å². The summed E-state index contributed by atoms with van der Waals surface area (Å²) >= 11 is 5.95. The molecular formula is C14H18ClN3O2. The maximum atomic E-state index is 12.7. The highest BCUT2D eigenvalue weighted by molar-refractivity contribution is 6.34. The Bertz CT molecular complexity index is 572. The number of piperazine rings is 1. The molecule has 0 aromatic heterocycles. The Morgan fingerprint density at radius 2 is 2.00 bits per heavy atom. The van der Waals surface area contributed by atoms with E-state index in [0.717, 1.165) is 0 Å². The second-order valence-corrected chi connectivity index (χ2v) is 5.85. The SMILES string of the molecule is CN1CCN(C(=O)c2cccc(Cl)c2N)C(C)(C)C1=O. The van der Waals surface area contributed by atoms with Crippen LogP contribution < -0.4 is 5.73 Å². The molecular weight excluding hydrogens is 278 g/mol. The first-order chi connectivity index (χ1) is 9.26. The predicted octanol–water partition coefficient (Wildman–Crippen LogP) is 1.61. The van der Waals surface area contributed by atoms with Gasteiger partial charge in [-0.2, -0.15) is 0 Å². The number of nitrogens with two attached hydrogens (primary N) is 1. The van der Waals surface area contributed by atoms with E-state index in [1.54, 1.807) is 48.9 Å². The minimum Gasteiger partial charge on any atom is -0.397 e. The van der Waals surface area contributed by atoms with Gasteiger partial charge in [0.15, 0.2) is 0 Å². The lowest BCUT2D eigenvalue weighted by atomic mass is 9.96. The second-order valence-electron chi connectivity index (χ2n) is 5.44. The quantitative estimate of drug-likeness (QED) is 0.801. The summed E-state index contributed by atoms with van der Waals surface area (Å²) in [6.07, 6.45) is 0. The van der Waals surface area contributed by atoms with Crippen molar-refractivity contribution in [1.29, 1.82) is 0 Å². The van der Waals surface area contributed by atoms with Gasteiger partial charge in [-0.3, -0.25) is 9.59 Å². The van der Waals surface area contributed by atoms with Crippen LogP contribution in [0.5, 0.6) is 0 Å². The molecule has 0 bridgehead atoms. The molecule has 2 rings (SSSR count). The molecule has 2 N–H and O–H groups in total. The topological polar surface area (TPSA) is 66.6 Å². The number of nitrogens with zero attached hydrogens (tertiary/aromatic N) is 2. The van der Waals surface area contributed by atoms with E-state index in [1.165, 1.54) is 0 Å². The van der Waals surface area contributed by atoms with E-state index in [0.29, 0.717) is 23.7 Å². The lowest BCUT2D eigenvalue weighted by molar-refractivity contribution is -0.144. The van der Waals surface area contributed by atoms with Gasteiger partial charge in [-0.1, -0.05) is 17.7 Å². The summed E-state index contributed by atoms with van der Waals surface area (Å²) in [4.78, 5) is 28.1. The van der Waals surface area contributed by atoms with Gasteiger partial charge in [0.1, 0.15) is 5.54 Å². The number of carbonyl (C=O) groups excluding carboxylic acids is 2. The van der Waals surface area contributed by atoms with Crippen LogP contribution >= 0.6 is 11.6 Å². The molecule has 108 valence electrons. The Kier molecular flexibility index (Phi) is 3.65. The molecule has 5 nitrogen and oxygen atoms in total. The molecule has 1 aromatic carbocycles. The average Bonchev–Trinajstić information content (AvgIpc) is 2.39. The molecule has 1 aliphatic rings. The van der Waals surface area contributed by atoms with E-state index in [1.807, 2.05) is 0 Å². The van der Waals surface area contributed by atoms with Crippen LogP contribution in [0.4, 0.5) is 5.69 Å². The molecule has 0 atom stereocenters. The van der Waals surface area contributed by atoms with Crippen LogP contribution in [0, 0.1) is 0 Å². The third-order valence-corrected chi connectivity index (χ3v) is 4.06. The summed E-state index contributed by atoms with van der Waals surface area (Å²) in [5.74, 6) is -0.353. The van der Waals surface area contributed by atoms with Crippen molar-refractivity contribution in [2.45, 2.75) is 19.4 Å². The van der Waals surface area contributed by atoms with Crippen molar-refractivity contribution in [3.63, 3.8) is 0 Å². The van der Waals surface area contributed by atoms with E-state index in [-0.39, 0.29) is 17.5 Å². The van der Waals surface area contributed by atoms with E-state index in [2.05, 4.69) is 0 Å². The normalized spacial score (nSPS) is 18.3. The molecule has 1 aliphatic heterocycles. The predicted molar refractivity (Wildman–Crippen MR) is 78.6 cm³/mol. The van der Waals surface area contributed by atoms with Gasteiger partial charge in [-0.05, 0) is 26.0 Å². The first kappa shape index (κ1) is 14.7. The number of carbonyl (C=O) groups is 2. The summed E-state index contributed by atoms with van der Waals surface area (Å²) in [5.41, 5.74) is 5.56. The number of anilines is 1. The van der Waals surface area contributed by atoms with Crippen molar-refractivity contribution >= 4 is 29.1 Å². The molecule has 1 heterocycles. The number of amides is 2. The minimum atomic E-state index is -0.890. The van der Waals surface area contributed by atoms with Gasteiger partial charge in [0, 0.05) is 20.1 Å². The molecule has 6 heteroatoms. The second kappa shape index (κ2) is 4.98. The molecule has 1 aromatic rings. The van der Waals surface area contributed by atoms with Gasteiger partial charge in [0.2, 0.25) is 5.91 Å². The van der Waals surface area contributed by atoms with Gasteiger partial charge in [0.05, 0.1) is 16.3 Å². The number of benzene rings is 1. The summed E-state index contributed by atoms with van der Waals surface area (Å²) in [6.45, 7) is 4.46. The highest BCUT2D eigenvalue weighted by Crippen LogP contribution is 2.28. The van der Waals surface area contributed by atoms with E-state index >= 15 is 0 Å². The van der Waals surface area contributed by atoms with Crippen molar-refractivity contribution in [3.05, 3.63) is 28.8 Å². The van der Waals surface area contributed by atoms with Crippen molar-refractivity contribution in [2.24, 2.45) is 0 Å². The first-order valence-electron chi connectivity index (χ1n) is 6.38. The highest BCUT2D eigenvalue weighted by atomic mass is 35.5. The zero-order valence-corrected chi connectivity index (χ0v) is 12.6. The smallest absolute Gasteiger partial charge is 0.256 e. The van der Waals surface area contributed by atoms with Crippen molar-refractivity contribution in [1.82, 2.24) is 9.80 Å². The average molecular weight is 296 g/mol. The van der Waals surface area contributed by atoms with Crippen molar-refractivity contribution < 1.29 is 9.59 Å². The standard InChI is InChI=1S/C14H18ClN3O2/c1-14(2)13(20)17(3)7-8-18(14)12(19)9-5-4-6-10(15)11(9)16/h4-6H,7-8,16H2,1-3H3. The molecule has 1 saturated heterocycles. The molecule has 0 saturated carbocycles. The molecule has 1 fully saturated rings. The van der Waals surface area contributed by atoms with Crippen LogP contribution in [0.1, 0.15) is 24.2 Å². The van der Waals surface area contributed by atoms with E-state index in [4.69, 9.17) is 17.3 Å². The Balaban J connectivity index is 2.38. The van der Waals surface area contributed by atoms with E-state index in [9.17, 15) is 9.59 Å². The van der Waals surface area contributed by atoms with Crippen LogP contribution in [0.15, 0.2) is 18.2 Å². The summed E-state index contributed by atoms with van der Waals surface area (Å²) < 4.78 is 0. The number of hydrogen-bond acceptors (Lipinski definition) is 3. The monoisotopic (exact) mass is 295 g/mol. The van der Waals surface area contributed by atoms with E-state index < -0.39 is 5.54 Å². The van der Waals surface area contributed by atoms with Crippen LogP contribution in [0.3, 0.4) is 0 Å². The minimum absolute atomic E-state index is 0.0855. The molecule has 2 amide bonds. The van der Waals surface area contributed by atoms with Crippen LogP contribution in [0.25, 0.3) is 0 Å². The van der Waals surface area contributed by atoms with Crippen LogP contribution in [-0.2, 0) is 4.79 Å². The summed E-state index contributed by atoms with van der Waals surface area (Å²) in [5, 5.41) is 0.342. The van der Waals surface area contributed by atoms with Gasteiger partial charge in [-0.25, -0.2) is 0 Å². The largest absolute Gasteiger partial charge is 0.397 e. The third-order valence-electron chi connectivity index (χ3n) is 3.73. The first-order valence-corrected chi connectivity index (χ1v) is 6.76. The Labute approximate surface area is 123 Å². The zero-order chi connectivity index (χ0) is 15.1. The number of rotatable bonds is 1. The Morgan fingerprint density at radius 3 is 2.65 bits per heavy atom. The maximum absolute atomic E-state index is 12.7. The third kappa shape index (κ3) is 2.22. The molecule has 0 spiro atoms. The number of halogens is 1. The zero-order valence-electron chi connectivity index (χ0n) is 11.8. The van der Waals surface area contributed by atoms with Gasteiger partial charge in [0.25, 0.3) is 5.91 Å². The van der Waals surface area contributed by atoms with Crippen LogP contribution in [0.2, 0.25) is 5.02 Å². The fourth-order valence-corrected chi connectivity index (χ4v) is 2.61. The molecule has 0 radical (unpaired) electrons. The fraction of sp³-hybridized carbons (Fsp3) is 0.429. The number of hydrogen-bond donors (Lipinski definition) is 1. The number of likely N-dealkylation sites (N-methyl/N-ethyl adjacent to an activating group) is 1. The molecule has 0 unspecified atom stereocenters. The summed E-state index contributed by atoms with van der Waals surface area (Å²) in [6, 6.07) is 4.94. The Morgan fingerprint density at radius 1 is 1.35 bits per heavy atom. The molecule has 20 heavy (non-hydrogen) atoms. The lowest BCUT2D eigenvalue weighted by Crippen LogP contribution is -2.63. The molecule has 0 aliphatic carbocycles. The highest BCUT2D eigenvalue weighted by Gasteiger charge is 2.43. The van der Waals surface area contributed by atoms with Crippen LogP contribution in [-0.4, -0.2) is 47.3 Å².